The van der Waals surface area contributed by atoms with Crippen molar-refractivity contribution in [3.05, 3.63) is 89.0 Å². The van der Waals surface area contributed by atoms with Gasteiger partial charge in [-0.3, -0.25) is 14.6 Å². The zero-order valence-corrected chi connectivity index (χ0v) is 17.3. The van der Waals surface area contributed by atoms with Crippen LogP contribution < -0.4 is 11.1 Å². The minimum Gasteiger partial charge on any atom is -0.364 e. The number of aromatic nitrogens is 2. The molecule has 7 nitrogen and oxygen atoms in total. The Hall–Kier alpha value is -4.00. The molecule has 1 aliphatic carbocycles. The third-order valence-corrected chi connectivity index (χ3v) is 6.85. The molecule has 0 bridgehead atoms. The molecule has 0 saturated carbocycles. The second kappa shape index (κ2) is 6.75. The van der Waals surface area contributed by atoms with Crippen molar-refractivity contribution in [2.45, 2.75) is 24.8 Å². The van der Waals surface area contributed by atoms with Crippen LogP contribution in [0.5, 0.6) is 0 Å². The predicted molar refractivity (Wildman–Crippen MR) is 120 cm³/mol. The summed E-state index contributed by atoms with van der Waals surface area (Å²) in [7, 11) is 0. The molecule has 7 heteroatoms. The molecule has 2 aliphatic heterocycles. The van der Waals surface area contributed by atoms with E-state index < -0.39 is 11.3 Å². The summed E-state index contributed by atoms with van der Waals surface area (Å²) in [6, 6.07) is 11.9. The highest BCUT2D eigenvalue weighted by molar-refractivity contribution is 6.06. The fourth-order valence-electron chi connectivity index (χ4n) is 5.34. The number of carbonyl (C=O) groups is 2. The molecule has 4 heterocycles. The SMILES string of the molecule is NC(=O)C1=CC2=C(CN1Cc1cncc3ccccc13)CC1(C2)C(=O)Nc2ncccc21. The number of hydrogen-bond acceptors (Lipinski definition) is 5. The average molecular weight is 423 g/mol. The molecule has 1 atom stereocenters. The van der Waals surface area contributed by atoms with Crippen LogP contribution in [0.25, 0.3) is 10.8 Å². The molecule has 0 radical (unpaired) electrons. The van der Waals surface area contributed by atoms with E-state index >= 15 is 0 Å². The van der Waals surface area contributed by atoms with Gasteiger partial charge in [0.05, 0.1) is 5.41 Å². The van der Waals surface area contributed by atoms with Crippen LogP contribution in [-0.2, 0) is 21.5 Å². The number of pyridine rings is 2. The monoisotopic (exact) mass is 423 g/mol. The van der Waals surface area contributed by atoms with E-state index in [0.29, 0.717) is 37.4 Å². The normalized spacial score (nSPS) is 21.6. The van der Waals surface area contributed by atoms with Gasteiger partial charge in [-0.1, -0.05) is 30.3 Å². The van der Waals surface area contributed by atoms with Gasteiger partial charge >= 0.3 is 0 Å². The molecule has 3 N–H and O–H groups in total. The second-order valence-electron chi connectivity index (χ2n) is 8.69. The Labute approximate surface area is 184 Å². The third-order valence-electron chi connectivity index (χ3n) is 6.85. The number of carbonyl (C=O) groups excluding carboxylic acids is 2. The molecular formula is C25H21N5O2. The van der Waals surface area contributed by atoms with Crippen molar-refractivity contribution in [3.63, 3.8) is 0 Å². The first-order valence-electron chi connectivity index (χ1n) is 10.6. The van der Waals surface area contributed by atoms with E-state index in [4.69, 9.17) is 5.73 Å². The lowest BCUT2D eigenvalue weighted by Crippen LogP contribution is -2.35. The Balaban J connectivity index is 1.35. The minimum atomic E-state index is -0.662. The summed E-state index contributed by atoms with van der Waals surface area (Å²) in [6.07, 6.45) is 8.40. The number of fused-ring (bicyclic) bond motifs is 3. The van der Waals surface area contributed by atoms with Crippen molar-refractivity contribution >= 4 is 28.4 Å². The van der Waals surface area contributed by atoms with Crippen LogP contribution in [0, 0.1) is 0 Å². The van der Waals surface area contributed by atoms with Crippen LogP contribution in [0.1, 0.15) is 24.0 Å². The van der Waals surface area contributed by atoms with E-state index in [9.17, 15) is 9.59 Å². The fourth-order valence-corrected chi connectivity index (χ4v) is 5.34. The van der Waals surface area contributed by atoms with Crippen LogP contribution in [0.2, 0.25) is 0 Å². The Morgan fingerprint density at radius 1 is 1.16 bits per heavy atom. The number of hydrogen-bond donors (Lipinski definition) is 2. The molecule has 158 valence electrons. The van der Waals surface area contributed by atoms with Crippen LogP contribution in [0.4, 0.5) is 5.82 Å². The lowest BCUT2D eigenvalue weighted by Gasteiger charge is -2.30. The molecule has 2 aromatic heterocycles. The van der Waals surface area contributed by atoms with E-state index in [0.717, 1.165) is 33.0 Å². The van der Waals surface area contributed by atoms with Gasteiger partial charge in [-0.2, -0.15) is 0 Å². The van der Waals surface area contributed by atoms with Crippen molar-refractivity contribution < 1.29 is 9.59 Å². The molecule has 2 amide bonds. The zero-order valence-electron chi connectivity index (χ0n) is 17.3. The molecule has 32 heavy (non-hydrogen) atoms. The maximum Gasteiger partial charge on any atom is 0.265 e. The molecule has 1 unspecified atom stereocenters. The number of primary amides is 1. The number of rotatable bonds is 3. The first kappa shape index (κ1) is 18.7. The number of allylic oxidation sites excluding steroid dienone is 2. The van der Waals surface area contributed by atoms with E-state index in [2.05, 4.69) is 21.4 Å². The number of nitrogens with one attached hydrogen (secondary N) is 1. The summed E-state index contributed by atoms with van der Waals surface area (Å²) < 4.78 is 0. The van der Waals surface area contributed by atoms with E-state index in [1.54, 1.807) is 6.20 Å². The second-order valence-corrected chi connectivity index (χ2v) is 8.69. The minimum absolute atomic E-state index is 0.0283. The summed E-state index contributed by atoms with van der Waals surface area (Å²) in [4.78, 5) is 36.1. The van der Waals surface area contributed by atoms with Crippen LogP contribution in [-0.4, -0.2) is 33.2 Å². The van der Waals surface area contributed by atoms with Gasteiger partial charge in [0.15, 0.2) is 0 Å². The predicted octanol–water partition coefficient (Wildman–Crippen LogP) is 2.80. The fraction of sp³-hybridized carbons (Fsp3) is 0.200. The van der Waals surface area contributed by atoms with Crippen molar-refractivity contribution in [3.8, 4) is 0 Å². The van der Waals surface area contributed by atoms with E-state index in [1.165, 1.54) is 0 Å². The first-order chi connectivity index (χ1) is 15.5. The largest absolute Gasteiger partial charge is 0.364 e. The molecule has 6 rings (SSSR count). The van der Waals surface area contributed by atoms with Crippen molar-refractivity contribution in [2.24, 2.45) is 5.73 Å². The maximum atomic E-state index is 13.0. The number of nitrogens with zero attached hydrogens (tertiary/aromatic N) is 3. The Morgan fingerprint density at radius 3 is 2.91 bits per heavy atom. The highest BCUT2D eigenvalue weighted by atomic mass is 16.2. The Morgan fingerprint density at radius 2 is 2.03 bits per heavy atom. The summed E-state index contributed by atoms with van der Waals surface area (Å²) in [5, 5.41) is 5.09. The summed E-state index contributed by atoms with van der Waals surface area (Å²) in [5.41, 5.74) is 9.73. The Bertz CT molecular complexity index is 1370. The molecule has 1 spiro atoms. The van der Waals surface area contributed by atoms with E-state index in [1.807, 2.05) is 53.7 Å². The van der Waals surface area contributed by atoms with Gasteiger partial charge in [-0.15, -0.1) is 0 Å². The molecule has 1 aromatic carbocycles. The lowest BCUT2D eigenvalue weighted by atomic mass is 9.78. The highest BCUT2D eigenvalue weighted by Crippen LogP contribution is 2.52. The topological polar surface area (TPSA) is 101 Å². The van der Waals surface area contributed by atoms with Gasteiger partial charge in [0.1, 0.15) is 11.5 Å². The van der Waals surface area contributed by atoms with Crippen molar-refractivity contribution in [1.29, 1.82) is 0 Å². The molecule has 3 aliphatic rings. The number of benzene rings is 1. The van der Waals surface area contributed by atoms with Gasteiger partial charge in [0, 0.05) is 42.6 Å². The van der Waals surface area contributed by atoms with Crippen molar-refractivity contribution in [1.82, 2.24) is 14.9 Å². The molecular weight excluding hydrogens is 402 g/mol. The number of nitrogens with two attached hydrogens (primary N) is 1. The number of anilines is 1. The maximum absolute atomic E-state index is 13.0. The van der Waals surface area contributed by atoms with Gasteiger partial charge in [-0.05, 0) is 47.1 Å². The number of amides is 2. The summed E-state index contributed by atoms with van der Waals surface area (Å²) >= 11 is 0. The first-order valence-corrected chi connectivity index (χ1v) is 10.6. The molecule has 0 fully saturated rings. The average Bonchev–Trinajstić information content (AvgIpc) is 3.30. The summed E-state index contributed by atoms with van der Waals surface area (Å²) in [5.74, 6) is 0.137. The van der Waals surface area contributed by atoms with Gasteiger partial charge in [-0.25, -0.2) is 4.98 Å². The third kappa shape index (κ3) is 2.67. The smallest absolute Gasteiger partial charge is 0.265 e. The zero-order chi connectivity index (χ0) is 21.9. The standard InChI is InChI=1S/C25H21N5O2/c26-22(31)21-8-16-9-25(20-6-3-7-28-23(20)29-24(25)32)10-17(16)13-30(21)14-18-12-27-11-15-4-1-2-5-19(15)18/h1-8,11-12H,9-10,13-14H2,(H2,26,31)(H,28,29,32). The van der Waals surface area contributed by atoms with Gasteiger partial charge in [0.25, 0.3) is 5.91 Å². The summed E-state index contributed by atoms with van der Waals surface area (Å²) in [6.45, 7) is 1.06. The quantitative estimate of drug-likeness (QED) is 0.675. The van der Waals surface area contributed by atoms with Gasteiger partial charge < -0.3 is 16.0 Å². The van der Waals surface area contributed by atoms with Crippen molar-refractivity contribution in [2.75, 3.05) is 11.9 Å². The Kier molecular flexibility index (Phi) is 3.95. The lowest BCUT2D eigenvalue weighted by molar-refractivity contribution is -0.120. The van der Waals surface area contributed by atoms with E-state index in [-0.39, 0.29) is 5.91 Å². The van der Waals surface area contributed by atoms with Crippen LogP contribution in [0.3, 0.4) is 0 Å². The van der Waals surface area contributed by atoms with Crippen LogP contribution >= 0.6 is 0 Å². The molecule has 0 saturated heterocycles. The highest BCUT2D eigenvalue weighted by Gasteiger charge is 2.52. The van der Waals surface area contributed by atoms with Gasteiger partial charge in [0.2, 0.25) is 5.91 Å². The van der Waals surface area contributed by atoms with Crippen LogP contribution in [0.15, 0.2) is 77.9 Å². The molecule has 3 aromatic rings.